The normalized spacial score (nSPS) is 15.8. The molecule has 0 atom stereocenters. The fourth-order valence-corrected chi connectivity index (χ4v) is 2.54. The number of aliphatic hydroxyl groups excluding tert-OH is 1. The standard InChI is InChI=1S/C19H14O6/c1-24-18(22)14(11-7-3-2-4-8-11)17-16(21)15(19(23)25-17)12-9-5-6-10-13(12)20/h2-10,20-21H,1H3/b17-14+. The van der Waals surface area contributed by atoms with Gasteiger partial charge in [-0.1, -0.05) is 48.5 Å². The highest BCUT2D eigenvalue weighted by Gasteiger charge is 2.37. The third-order valence-corrected chi connectivity index (χ3v) is 3.70. The van der Waals surface area contributed by atoms with Gasteiger partial charge in [0.1, 0.15) is 16.9 Å². The smallest absolute Gasteiger partial charge is 0.348 e. The zero-order valence-corrected chi connectivity index (χ0v) is 13.2. The lowest BCUT2D eigenvalue weighted by atomic mass is 10.0. The Hall–Kier alpha value is -3.54. The molecule has 0 saturated heterocycles. The third-order valence-electron chi connectivity index (χ3n) is 3.70. The highest BCUT2D eigenvalue weighted by Crippen LogP contribution is 2.38. The number of hydrogen-bond acceptors (Lipinski definition) is 6. The van der Waals surface area contributed by atoms with E-state index in [-0.39, 0.29) is 28.2 Å². The lowest BCUT2D eigenvalue weighted by molar-refractivity contribution is -0.134. The van der Waals surface area contributed by atoms with Crippen LogP contribution in [0.4, 0.5) is 0 Å². The minimum Gasteiger partial charge on any atom is -0.507 e. The van der Waals surface area contributed by atoms with Crippen molar-refractivity contribution in [2.75, 3.05) is 7.11 Å². The van der Waals surface area contributed by atoms with E-state index in [0.717, 1.165) is 0 Å². The van der Waals surface area contributed by atoms with Gasteiger partial charge >= 0.3 is 11.9 Å². The average Bonchev–Trinajstić information content (AvgIpc) is 2.91. The number of phenolic OH excluding ortho intramolecular Hbond substituents is 1. The molecule has 1 aliphatic heterocycles. The zero-order chi connectivity index (χ0) is 18.0. The van der Waals surface area contributed by atoms with E-state index in [9.17, 15) is 19.8 Å². The summed E-state index contributed by atoms with van der Waals surface area (Å²) in [6, 6.07) is 14.4. The lowest BCUT2D eigenvalue weighted by Gasteiger charge is -2.09. The Morgan fingerprint density at radius 3 is 2.28 bits per heavy atom. The summed E-state index contributed by atoms with van der Waals surface area (Å²) in [6.45, 7) is 0. The van der Waals surface area contributed by atoms with Crippen LogP contribution in [0.15, 0.2) is 66.1 Å². The van der Waals surface area contributed by atoms with Gasteiger partial charge in [-0.05, 0) is 11.6 Å². The Balaban J connectivity index is 2.25. The molecule has 0 bridgehead atoms. The SMILES string of the molecule is COC(=O)/C(=C1/OC(=O)C(c2ccccc2O)=C1O)c1ccccc1. The maximum absolute atomic E-state index is 12.3. The van der Waals surface area contributed by atoms with Gasteiger partial charge in [0.05, 0.1) is 7.11 Å². The van der Waals surface area contributed by atoms with E-state index in [2.05, 4.69) is 0 Å². The van der Waals surface area contributed by atoms with Crippen LogP contribution in [0.5, 0.6) is 5.75 Å². The van der Waals surface area contributed by atoms with Crippen LogP contribution in [-0.4, -0.2) is 29.3 Å². The number of phenols is 1. The van der Waals surface area contributed by atoms with Crippen LogP contribution in [0.1, 0.15) is 11.1 Å². The topological polar surface area (TPSA) is 93.1 Å². The molecule has 0 aromatic heterocycles. The van der Waals surface area contributed by atoms with E-state index in [1.165, 1.54) is 19.2 Å². The molecule has 25 heavy (non-hydrogen) atoms. The molecule has 1 heterocycles. The number of ether oxygens (including phenoxy) is 2. The minimum atomic E-state index is -0.869. The molecule has 3 rings (SSSR count). The van der Waals surface area contributed by atoms with Gasteiger partial charge in [-0.2, -0.15) is 0 Å². The molecule has 2 N–H and O–H groups in total. The van der Waals surface area contributed by atoms with Gasteiger partial charge in [0, 0.05) is 5.56 Å². The number of hydrogen-bond donors (Lipinski definition) is 2. The summed E-state index contributed by atoms with van der Waals surface area (Å²) in [5, 5.41) is 20.5. The number of methoxy groups -OCH3 is 1. The first-order valence-corrected chi connectivity index (χ1v) is 7.36. The first kappa shape index (κ1) is 16.3. The van der Waals surface area contributed by atoms with Crippen molar-refractivity contribution in [2.45, 2.75) is 0 Å². The summed E-state index contributed by atoms with van der Waals surface area (Å²) in [6.07, 6.45) is 0. The Morgan fingerprint density at radius 2 is 1.64 bits per heavy atom. The number of esters is 2. The predicted molar refractivity (Wildman–Crippen MR) is 89.1 cm³/mol. The number of aliphatic hydroxyl groups is 1. The average molecular weight is 338 g/mol. The number of carbonyl (C=O) groups is 2. The maximum atomic E-state index is 12.3. The highest BCUT2D eigenvalue weighted by atomic mass is 16.6. The molecule has 6 nitrogen and oxygen atoms in total. The summed E-state index contributed by atoms with van der Waals surface area (Å²) in [5.74, 6) is -2.66. The van der Waals surface area contributed by atoms with E-state index < -0.39 is 17.7 Å². The minimum absolute atomic E-state index is 0.0839. The van der Waals surface area contributed by atoms with E-state index in [1.807, 2.05) is 0 Å². The Kier molecular flexibility index (Phi) is 4.26. The molecule has 0 spiro atoms. The van der Waals surface area contributed by atoms with E-state index >= 15 is 0 Å². The maximum Gasteiger partial charge on any atom is 0.348 e. The van der Waals surface area contributed by atoms with Crippen LogP contribution in [0.25, 0.3) is 11.1 Å². The molecule has 0 aliphatic carbocycles. The Bertz CT molecular complexity index is 909. The van der Waals surface area contributed by atoms with Crippen LogP contribution < -0.4 is 0 Å². The second-order valence-electron chi connectivity index (χ2n) is 5.19. The fraction of sp³-hybridized carbons (Fsp3) is 0.0526. The molecule has 0 radical (unpaired) electrons. The highest BCUT2D eigenvalue weighted by molar-refractivity contribution is 6.25. The third kappa shape index (κ3) is 2.85. The number of carbonyl (C=O) groups excluding carboxylic acids is 2. The Labute approximate surface area is 143 Å². The number of aromatic hydroxyl groups is 1. The predicted octanol–water partition coefficient (Wildman–Crippen LogP) is 2.80. The van der Waals surface area contributed by atoms with Crippen LogP contribution >= 0.6 is 0 Å². The van der Waals surface area contributed by atoms with Crippen LogP contribution in [0.3, 0.4) is 0 Å². The summed E-state index contributed by atoms with van der Waals surface area (Å²) in [4.78, 5) is 24.5. The molecule has 0 fully saturated rings. The number of para-hydroxylation sites is 1. The second-order valence-corrected chi connectivity index (χ2v) is 5.19. The monoisotopic (exact) mass is 338 g/mol. The van der Waals surface area contributed by atoms with Crippen molar-refractivity contribution in [3.63, 3.8) is 0 Å². The number of rotatable bonds is 3. The van der Waals surface area contributed by atoms with E-state index in [4.69, 9.17) is 9.47 Å². The molecule has 0 amide bonds. The van der Waals surface area contributed by atoms with Crippen molar-refractivity contribution < 1.29 is 29.3 Å². The second kappa shape index (κ2) is 6.52. The van der Waals surface area contributed by atoms with Crippen molar-refractivity contribution in [3.8, 4) is 5.75 Å². The molecule has 126 valence electrons. The molecule has 2 aromatic rings. The van der Waals surface area contributed by atoms with Gasteiger partial charge in [0.2, 0.25) is 0 Å². The van der Waals surface area contributed by atoms with Gasteiger partial charge < -0.3 is 19.7 Å². The van der Waals surface area contributed by atoms with E-state index in [1.54, 1.807) is 42.5 Å². The molecule has 6 heteroatoms. The van der Waals surface area contributed by atoms with Crippen molar-refractivity contribution >= 4 is 23.1 Å². The summed E-state index contributed by atoms with van der Waals surface area (Å²) in [5.41, 5.74) is 0.226. The van der Waals surface area contributed by atoms with Crippen molar-refractivity contribution in [1.29, 1.82) is 0 Å². The van der Waals surface area contributed by atoms with Crippen molar-refractivity contribution in [3.05, 3.63) is 77.2 Å². The van der Waals surface area contributed by atoms with Crippen LogP contribution in [0, 0.1) is 0 Å². The first-order valence-electron chi connectivity index (χ1n) is 7.36. The summed E-state index contributed by atoms with van der Waals surface area (Å²) >= 11 is 0. The van der Waals surface area contributed by atoms with E-state index in [0.29, 0.717) is 5.56 Å². The molecular formula is C19H14O6. The molecule has 0 unspecified atom stereocenters. The van der Waals surface area contributed by atoms with Gasteiger partial charge in [-0.3, -0.25) is 0 Å². The van der Waals surface area contributed by atoms with Crippen molar-refractivity contribution in [1.82, 2.24) is 0 Å². The number of benzene rings is 2. The van der Waals surface area contributed by atoms with Crippen LogP contribution in [0.2, 0.25) is 0 Å². The summed E-state index contributed by atoms with van der Waals surface area (Å²) < 4.78 is 9.90. The molecular weight excluding hydrogens is 324 g/mol. The lowest BCUT2D eigenvalue weighted by Crippen LogP contribution is -2.09. The van der Waals surface area contributed by atoms with Gasteiger partial charge in [0.25, 0.3) is 0 Å². The Morgan fingerprint density at radius 1 is 1.00 bits per heavy atom. The molecule has 0 saturated carbocycles. The first-order chi connectivity index (χ1) is 12.0. The summed E-state index contributed by atoms with van der Waals surface area (Å²) in [7, 11) is 1.19. The quantitative estimate of drug-likeness (QED) is 0.660. The van der Waals surface area contributed by atoms with Gasteiger partial charge in [-0.15, -0.1) is 0 Å². The van der Waals surface area contributed by atoms with Crippen molar-refractivity contribution in [2.24, 2.45) is 0 Å². The zero-order valence-electron chi connectivity index (χ0n) is 13.2. The molecule has 2 aromatic carbocycles. The molecule has 1 aliphatic rings. The van der Waals surface area contributed by atoms with Gasteiger partial charge in [-0.25, -0.2) is 9.59 Å². The largest absolute Gasteiger partial charge is 0.507 e. The fourth-order valence-electron chi connectivity index (χ4n) is 2.54. The van der Waals surface area contributed by atoms with Gasteiger partial charge in [0.15, 0.2) is 11.5 Å². The number of cyclic esters (lactones) is 1. The van der Waals surface area contributed by atoms with Crippen LogP contribution in [-0.2, 0) is 19.1 Å².